The van der Waals surface area contributed by atoms with Crippen LogP contribution in [-0.4, -0.2) is 35.6 Å². The van der Waals surface area contributed by atoms with Gasteiger partial charge in [0.2, 0.25) is 0 Å². The molecule has 0 fully saturated rings. The minimum Gasteiger partial charge on any atom is -0.487 e. The van der Waals surface area contributed by atoms with Gasteiger partial charge in [-0.2, -0.15) is 0 Å². The molecule has 224 valence electrons. The standard InChI is InChI=1S/C13H14N4OS.C13H16N2OS.C4H8O2/c1-10-16-12(9-19-10)8-18-13-4-2-11(3-5-13)6-7-15-17-14;1-10-15-12(9-17-10)8-16-13-4-2-11(3-5-13)6-7-14;1-3-6-4(2)5/h2-5,9H,6-8H2,1H3;2-5,9H,6-8,14H2,1H3;3H2,1-2H3. The molecule has 0 saturated carbocycles. The SMILES string of the molecule is CCOC(C)=O.Cc1nc(COc2ccc(CCN)cc2)cs1.Cc1nc(COc2ccc(CCN=[N+]=[N-])cc2)cs1. The molecule has 0 saturated heterocycles. The third-order valence-corrected chi connectivity index (χ3v) is 6.94. The van der Waals surface area contributed by atoms with E-state index in [1.54, 1.807) is 29.6 Å². The molecule has 0 atom stereocenters. The molecule has 0 aliphatic carbocycles. The van der Waals surface area contributed by atoms with E-state index < -0.39 is 0 Å². The molecule has 0 amide bonds. The van der Waals surface area contributed by atoms with Crippen LogP contribution in [-0.2, 0) is 35.6 Å². The van der Waals surface area contributed by atoms with Gasteiger partial charge in [-0.3, -0.25) is 4.79 Å². The zero-order valence-corrected chi connectivity index (χ0v) is 26.1. The molecule has 2 aromatic carbocycles. The summed E-state index contributed by atoms with van der Waals surface area (Å²) in [5, 5.41) is 9.66. The van der Waals surface area contributed by atoms with Crippen molar-refractivity contribution in [3.63, 3.8) is 0 Å². The van der Waals surface area contributed by atoms with E-state index in [4.69, 9.17) is 20.7 Å². The summed E-state index contributed by atoms with van der Waals surface area (Å²) in [6.07, 6.45) is 1.65. The summed E-state index contributed by atoms with van der Waals surface area (Å²) in [4.78, 5) is 21.2. The summed E-state index contributed by atoms with van der Waals surface area (Å²) >= 11 is 3.27. The van der Waals surface area contributed by atoms with Crippen molar-refractivity contribution >= 4 is 28.6 Å². The Balaban J connectivity index is 0.000000248. The van der Waals surface area contributed by atoms with Gasteiger partial charge >= 0.3 is 5.97 Å². The van der Waals surface area contributed by atoms with Crippen molar-refractivity contribution in [1.29, 1.82) is 0 Å². The van der Waals surface area contributed by atoms with Gasteiger partial charge in [-0.1, -0.05) is 29.4 Å². The topological polar surface area (TPSA) is 145 Å². The molecule has 0 aliphatic heterocycles. The maximum absolute atomic E-state index is 9.82. The molecule has 2 aromatic heterocycles. The Morgan fingerprint density at radius 3 is 1.69 bits per heavy atom. The molecule has 42 heavy (non-hydrogen) atoms. The minimum absolute atomic E-state index is 0.211. The minimum atomic E-state index is -0.211. The summed E-state index contributed by atoms with van der Waals surface area (Å²) in [5.41, 5.74) is 18.0. The van der Waals surface area contributed by atoms with Crippen molar-refractivity contribution in [2.75, 3.05) is 19.7 Å². The predicted molar refractivity (Wildman–Crippen MR) is 168 cm³/mol. The van der Waals surface area contributed by atoms with Crippen LogP contribution in [0.1, 0.15) is 46.4 Å². The largest absolute Gasteiger partial charge is 0.487 e. The normalized spacial score (nSPS) is 9.83. The number of hydrogen-bond donors (Lipinski definition) is 1. The van der Waals surface area contributed by atoms with E-state index in [2.05, 4.69) is 36.9 Å². The van der Waals surface area contributed by atoms with Gasteiger partial charge in [0, 0.05) is 29.1 Å². The Labute approximate surface area is 255 Å². The summed E-state index contributed by atoms with van der Waals surface area (Å²) in [7, 11) is 0. The first-order valence-corrected chi connectivity index (χ1v) is 15.2. The highest BCUT2D eigenvalue weighted by molar-refractivity contribution is 7.09. The maximum Gasteiger partial charge on any atom is 0.302 e. The van der Waals surface area contributed by atoms with Crippen LogP contribution in [0.4, 0.5) is 0 Å². The van der Waals surface area contributed by atoms with Gasteiger partial charge < -0.3 is 19.9 Å². The molecule has 0 radical (unpaired) electrons. The van der Waals surface area contributed by atoms with Gasteiger partial charge in [0.15, 0.2) is 0 Å². The Bertz CT molecular complexity index is 1370. The second-order valence-electron chi connectivity index (χ2n) is 8.75. The molecule has 12 heteroatoms. The molecule has 0 spiro atoms. The van der Waals surface area contributed by atoms with Crippen LogP contribution in [0.15, 0.2) is 64.4 Å². The number of aromatic nitrogens is 2. The molecule has 0 unspecified atom stereocenters. The van der Waals surface area contributed by atoms with Gasteiger partial charge in [0.1, 0.15) is 24.7 Å². The van der Waals surface area contributed by atoms with Crippen LogP contribution in [0, 0.1) is 13.8 Å². The number of ether oxygens (including phenoxy) is 3. The zero-order chi connectivity index (χ0) is 30.6. The number of thiazole rings is 2. The third kappa shape index (κ3) is 14.6. The molecule has 4 aromatic rings. The van der Waals surface area contributed by atoms with Gasteiger partial charge in [-0.15, -0.1) is 22.7 Å². The van der Waals surface area contributed by atoms with Crippen LogP contribution < -0.4 is 15.2 Å². The number of azide groups is 1. The zero-order valence-electron chi connectivity index (χ0n) is 24.5. The van der Waals surface area contributed by atoms with Crippen LogP contribution in [0.3, 0.4) is 0 Å². The molecule has 2 N–H and O–H groups in total. The maximum atomic E-state index is 9.82. The highest BCUT2D eigenvalue weighted by Crippen LogP contribution is 2.17. The summed E-state index contributed by atoms with van der Waals surface area (Å²) in [6.45, 7) is 9.80. The molecule has 2 heterocycles. The van der Waals surface area contributed by atoms with Gasteiger partial charge in [-0.25, -0.2) is 9.97 Å². The number of carbonyl (C=O) groups excluding carboxylic acids is 1. The van der Waals surface area contributed by atoms with E-state index in [1.807, 2.05) is 61.0 Å². The Morgan fingerprint density at radius 1 is 0.881 bits per heavy atom. The van der Waals surface area contributed by atoms with Gasteiger partial charge in [-0.05, 0) is 81.1 Å². The van der Waals surface area contributed by atoms with E-state index in [0.29, 0.717) is 32.9 Å². The fraction of sp³-hybridized carbons (Fsp3) is 0.367. The van der Waals surface area contributed by atoms with Crippen molar-refractivity contribution in [1.82, 2.24) is 9.97 Å². The van der Waals surface area contributed by atoms with Crippen LogP contribution in [0.2, 0.25) is 0 Å². The lowest BCUT2D eigenvalue weighted by molar-refractivity contribution is -0.140. The average molecular weight is 611 g/mol. The van der Waals surface area contributed by atoms with Crippen molar-refractivity contribution < 1.29 is 19.0 Å². The summed E-state index contributed by atoms with van der Waals surface area (Å²) in [5.74, 6) is 1.48. The number of benzene rings is 2. The predicted octanol–water partition coefficient (Wildman–Crippen LogP) is 6.98. The summed E-state index contributed by atoms with van der Waals surface area (Å²) < 4.78 is 15.7. The second kappa shape index (κ2) is 20.0. The number of nitrogens with zero attached hydrogens (tertiary/aromatic N) is 5. The molecule has 10 nitrogen and oxygen atoms in total. The van der Waals surface area contributed by atoms with E-state index in [9.17, 15) is 4.79 Å². The van der Waals surface area contributed by atoms with Gasteiger partial charge in [0.25, 0.3) is 0 Å². The number of carbonyl (C=O) groups is 1. The van der Waals surface area contributed by atoms with Crippen molar-refractivity contribution in [3.05, 3.63) is 102 Å². The Kier molecular flexibility index (Phi) is 16.3. The number of nitrogens with two attached hydrogens (primary N) is 1. The van der Waals surface area contributed by atoms with Crippen molar-refractivity contribution in [3.8, 4) is 11.5 Å². The van der Waals surface area contributed by atoms with Crippen molar-refractivity contribution in [2.24, 2.45) is 10.8 Å². The first-order chi connectivity index (χ1) is 20.3. The summed E-state index contributed by atoms with van der Waals surface area (Å²) in [6, 6.07) is 15.9. The third-order valence-electron chi connectivity index (χ3n) is 5.30. The van der Waals surface area contributed by atoms with Crippen molar-refractivity contribution in [2.45, 2.75) is 53.8 Å². The smallest absolute Gasteiger partial charge is 0.302 e. The molecule has 0 bridgehead atoms. The number of hydrogen-bond acceptors (Lipinski definition) is 10. The molecule has 4 rings (SSSR count). The first kappa shape index (κ1) is 34.2. The lowest BCUT2D eigenvalue weighted by Gasteiger charge is -2.05. The van der Waals surface area contributed by atoms with E-state index >= 15 is 0 Å². The molecule has 0 aliphatic rings. The number of aryl methyl sites for hydroxylation is 2. The monoisotopic (exact) mass is 610 g/mol. The first-order valence-electron chi connectivity index (χ1n) is 13.4. The Hall–Kier alpha value is -3.96. The lowest BCUT2D eigenvalue weighted by atomic mass is 10.1. The highest BCUT2D eigenvalue weighted by atomic mass is 32.1. The van der Waals surface area contributed by atoms with Crippen LogP contribution in [0.25, 0.3) is 10.4 Å². The molecular weight excluding hydrogens is 573 g/mol. The quantitative estimate of drug-likeness (QED) is 0.0788. The van der Waals surface area contributed by atoms with Crippen LogP contribution in [0.5, 0.6) is 11.5 Å². The van der Waals surface area contributed by atoms with E-state index in [0.717, 1.165) is 51.3 Å². The van der Waals surface area contributed by atoms with E-state index in [1.165, 1.54) is 12.5 Å². The average Bonchev–Trinajstić information content (AvgIpc) is 3.60. The molecular formula is C30H38N6O4S2. The fourth-order valence-corrected chi connectivity index (χ4v) is 4.56. The lowest BCUT2D eigenvalue weighted by Crippen LogP contribution is -2.02. The van der Waals surface area contributed by atoms with Gasteiger partial charge in [0.05, 0.1) is 28.0 Å². The highest BCUT2D eigenvalue weighted by Gasteiger charge is 2.01. The number of rotatable bonds is 12. The Morgan fingerprint density at radius 2 is 1.36 bits per heavy atom. The van der Waals surface area contributed by atoms with Crippen LogP contribution >= 0.6 is 22.7 Å². The van der Waals surface area contributed by atoms with E-state index in [-0.39, 0.29) is 5.97 Å². The number of esters is 1. The second-order valence-corrected chi connectivity index (χ2v) is 10.9. The fourth-order valence-electron chi connectivity index (χ4n) is 3.36.